The lowest BCUT2D eigenvalue weighted by atomic mass is 10.1. The summed E-state index contributed by atoms with van der Waals surface area (Å²) >= 11 is 0. The fourth-order valence-electron chi connectivity index (χ4n) is 2.18. The van der Waals surface area contributed by atoms with E-state index in [1.54, 1.807) is 31.2 Å². The fourth-order valence-corrected chi connectivity index (χ4v) is 2.18. The zero-order chi connectivity index (χ0) is 17.7. The molecule has 0 fully saturated rings. The van der Waals surface area contributed by atoms with Gasteiger partial charge in [0.15, 0.2) is 6.61 Å². The molecule has 24 heavy (non-hydrogen) atoms. The summed E-state index contributed by atoms with van der Waals surface area (Å²) in [6, 6.07) is 8.71. The van der Waals surface area contributed by atoms with E-state index in [4.69, 9.17) is 14.3 Å². The first-order valence-corrected chi connectivity index (χ1v) is 7.69. The minimum atomic E-state index is -1.04. The summed E-state index contributed by atoms with van der Waals surface area (Å²) in [4.78, 5) is 22.8. The second kappa shape index (κ2) is 7.68. The molecule has 1 aromatic carbocycles. The van der Waals surface area contributed by atoms with Crippen LogP contribution in [0.25, 0.3) is 0 Å². The summed E-state index contributed by atoms with van der Waals surface area (Å²) in [6.07, 6.45) is 0. The van der Waals surface area contributed by atoms with Crippen LogP contribution < -0.4 is 10.1 Å². The molecule has 0 bridgehead atoms. The van der Waals surface area contributed by atoms with Crippen LogP contribution >= 0.6 is 0 Å². The number of furan rings is 1. The number of aryl methyl sites for hydroxylation is 1. The number of benzene rings is 1. The molecule has 0 aliphatic carbocycles. The minimum absolute atomic E-state index is 0.208. The van der Waals surface area contributed by atoms with E-state index in [1.165, 1.54) is 0 Å². The minimum Gasteiger partial charge on any atom is -0.482 e. The number of aliphatic carboxylic acids is 1. The van der Waals surface area contributed by atoms with Gasteiger partial charge in [-0.15, -0.1) is 0 Å². The van der Waals surface area contributed by atoms with Gasteiger partial charge in [0.2, 0.25) is 0 Å². The van der Waals surface area contributed by atoms with Gasteiger partial charge in [-0.1, -0.05) is 26.0 Å². The first-order valence-electron chi connectivity index (χ1n) is 7.69. The Morgan fingerprint density at radius 2 is 2.04 bits per heavy atom. The van der Waals surface area contributed by atoms with E-state index in [9.17, 15) is 9.59 Å². The van der Waals surface area contributed by atoms with Gasteiger partial charge in [0.1, 0.15) is 17.3 Å². The first kappa shape index (κ1) is 17.6. The lowest BCUT2D eigenvalue weighted by Gasteiger charge is -2.07. The normalized spacial score (nSPS) is 10.7. The van der Waals surface area contributed by atoms with Crippen molar-refractivity contribution in [2.45, 2.75) is 33.2 Å². The van der Waals surface area contributed by atoms with Crippen molar-refractivity contribution in [1.82, 2.24) is 5.32 Å². The molecule has 0 unspecified atom stereocenters. The molecule has 1 amide bonds. The average molecular weight is 331 g/mol. The van der Waals surface area contributed by atoms with E-state index >= 15 is 0 Å². The van der Waals surface area contributed by atoms with Crippen LogP contribution in [0.15, 0.2) is 34.7 Å². The van der Waals surface area contributed by atoms with Crippen LogP contribution in [0, 0.1) is 6.92 Å². The van der Waals surface area contributed by atoms with Crippen LogP contribution in [-0.2, 0) is 11.3 Å². The number of carbonyl (C=O) groups excluding carboxylic acids is 1. The number of nitrogens with one attached hydrogen (secondary N) is 1. The Labute approximate surface area is 140 Å². The van der Waals surface area contributed by atoms with Crippen molar-refractivity contribution < 1.29 is 23.8 Å². The highest BCUT2D eigenvalue weighted by Crippen LogP contribution is 2.22. The molecule has 6 heteroatoms. The van der Waals surface area contributed by atoms with Crippen LogP contribution in [0.1, 0.15) is 47.2 Å². The first-order chi connectivity index (χ1) is 11.4. The van der Waals surface area contributed by atoms with Crippen LogP contribution in [0.2, 0.25) is 0 Å². The van der Waals surface area contributed by atoms with Gasteiger partial charge in [0.25, 0.3) is 5.91 Å². The highest BCUT2D eigenvalue weighted by atomic mass is 16.5. The molecule has 0 saturated heterocycles. The highest BCUT2D eigenvalue weighted by molar-refractivity contribution is 5.95. The molecule has 2 N–H and O–H groups in total. The number of hydrogen-bond acceptors (Lipinski definition) is 4. The van der Waals surface area contributed by atoms with Gasteiger partial charge in [0, 0.05) is 12.5 Å². The van der Waals surface area contributed by atoms with Crippen molar-refractivity contribution in [2.24, 2.45) is 0 Å². The third-order valence-corrected chi connectivity index (χ3v) is 3.46. The van der Waals surface area contributed by atoms with Gasteiger partial charge in [-0.3, -0.25) is 4.79 Å². The smallest absolute Gasteiger partial charge is 0.341 e. The van der Waals surface area contributed by atoms with E-state index in [0.29, 0.717) is 23.6 Å². The van der Waals surface area contributed by atoms with Crippen molar-refractivity contribution >= 4 is 11.9 Å². The molecule has 0 radical (unpaired) electrons. The van der Waals surface area contributed by atoms with Crippen molar-refractivity contribution in [3.63, 3.8) is 0 Å². The second-order valence-corrected chi connectivity index (χ2v) is 5.79. The number of carboxylic acid groups (broad SMARTS) is 1. The van der Waals surface area contributed by atoms with Crippen molar-refractivity contribution in [1.29, 1.82) is 0 Å². The molecule has 1 heterocycles. The van der Waals surface area contributed by atoms with Crippen molar-refractivity contribution in [2.75, 3.05) is 6.61 Å². The molecule has 0 saturated carbocycles. The lowest BCUT2D eigenvalue weighted by molar-refractivity contribution is -0.139. The lowest BCUT2D eigenvalue weighted by Crippen LogP contribution is -2.23. The summed E-state index contributed by atoms with van der Waals surface area (Å²) in [7, 11) is 0. The van der Waals surface area contributed by atoms with Gasteiger partial charge in [-0.05, 0) is 30.7 Å². The zero-order valence-corrected chi connectivity index (χ0v) is 14.0. The van der Waals surface area contributed by atoms with Gasteiger partial charge in [-0.25, -0.2) is 4.79 Å². The van der Waals surface area contributed by atoms with E-state index in [2.05, 4.69) is 5.32 Å². The molecule has 2 rings (SSSR count). The van der Waals surface area contributed by atoms with Crippen LogP contribution in [0.4, 0.5) is 0 Å². The maximum Gasteiger partial charge on any atom is 0.341 e. The average Bonchev–Trinajstić information content (AvgIpc) is 2.93. The Balaban J connectivity index is 1.99. The largest absolute Gasteiger partial charge is 0.482 e. The Bertz CT molecular complexity index is 733. The quantitative estimate of drug-likeness (QED) is 0.814. The topological polar surface area (TPSA) is 88.8 Å². The molecular formula is C18H21NO5. The van der Waals surface area contributed by atoms with Crippen molar-refractivity contribution in [3.8, 4) is 5.75 Å². The summed E-state index contributed by atoms with van der Waals surface area (Å²) < 4.78 is 10.7. The molecule has 0 aliphatic rings. The predicted molar refractivity (Wildman–Crippen MR) is 88.3 cm³/mol. The van der Waals surface area contributed by atoms with E-state index in [0.717, 1.165) is 11.3 Å². The van der Waals surface area contributed by atoms with Crippen LogP contribution in [0.5, 0.6) is 5.75 Å². The van der Waals surface area contributed by atoms with Gasteiger partial charge in [-0.2, -0.15) is 0 Å². The molecule has 0 spiro atoms. The maximum absolute atomic E-state index is 12.3. The van der Waals surface area contributed by atoms with E-state index < -0.39 is 12.6 Å². The number of ether oxygens (including phenoxy) is 1. The molecule has 128 valence electrons. The van der Waals surface area contributed by atoms with Gasteiger partial charge >= 0.3 is 5.97 Å². The zero-order valence-electron chi connectivity index (χ0n) is 14.0. The molecule has 0 aliphatic heterocycles. The molecule has 0 atom stereocenters. The summed E-state index contributed by atoms with van der Waals surface area (Å²) in [5.41, 5.74) is 1.34. The predicted octanol–water partition coefficient (Wildman–Crippen LogP) is 3.10. The Morgan fingerprint density at radius 3 is 2.67 bits per heavy atom. The third kappa shape index (κ3) is 4.62. The SMILES string of the molecule is Cc1oc(C(C)C)cc1C(=O)NCc1cccc(OCC(=O)O)c1. The third-order valence-electron chi connectivity index (χ3n) is 3.46. The molecule has 1 aromatic heterocycles. The fraction of sp³-hybridized carbons (Fsp3) is 0.333. The number of rotatable bonds is 7. The van der Waals surface area contributed by atoms with Gasteiger partial charge in [0.05, 0.1) is 5.56 Å². The Kier molecular flexibility index (Phi) is 5.63. The van der Waals surface area contributed by atoms with Gasteiger partial charge < -0.3 is 19.6 Å². The summed E-state index contributed by atoms with van der Waals surface area (Å²) in [5.74, 6) is 0.792. The second-order valence-electron chi connectivity index (χ2n) is 5.79. The molecule has 2 aromatic rings. The number of hydrogen-bond donors (Lipinski definition) is 2. The van der Waals surface area contributed by atoms with E-state index in [-0.39, 0.29) is 11.8 Å². The Morgan fingerprint density at radius 1 is 1.29 bits per heavy atom. The number of amides is 1. The maximum atomic E-state index is 12.3. The van der Waals surface area contributed by atoms with Crippen LogP contribution in [-0.4, -0.2) is 23.6 Å². The van der Waals surface area contributed by atoms with Crippen molar-refractivity contribution in [3.05, 3.63) is 53.0 Å². The standard InChI is InChI=1S/C18H21NO5/c1-11(2)16-8-15(12(3)24-16)18(22)19-9-13-5-4-6-14(7-13)23-10-17(20)21/h4-8,11H,9-10H2,1-3H3,(H,19,22)(H,20,21). The summed E-state index contributed by atoms with van der Waals surface area (Å²) in [6.45, 7) is 5.68. The number of carboxylic acids is 1. The molecule has 6 nitrogen and oxygen atoms in total. The molecular weight excluding hydrogens is 310 g/mol. The highest BCUT2D eigenvalue weighted by Gasteiger charge is 2.16. The Hall–Kier alpha value is -2.76. The van der Waals surface area contributed by atoms with E-state index in [1.807, 2.05) is 19.9 Å². The van der Waals surface area contributed by atoms with Crippen LogP contribution in [0.3, 0.4) is 0 Å². The number of carbonyl (C=O) groups is 2. The monoisotopic (exact) mass is 331 g/mol. The summed E-state index contributed by atoms with van der Waals surface area (Å²) in [5, 5.41) is 11.5.